The van der Waals surface area contributed by atoms with Crippen molar-refractivity contribution in [2.75, 3.05) is 37.6 Å². The number of anilines is 1. The van der Waals surface area contributed by atoms with E-state index in [-0.39, 0.29) is 11.7 Å². The average molecular weight is 343 g/mol. The summed E-state index contributed by atoms with van der Waals surface area (Å²) in [6, 6.07) is 13.5. The van der Waals surface area contributed by atoms with Crippen LogP contribution in [0.2, 0.25) is 0 Å². The van der Waals surface area contributed by atoms with Gasteiger partial charge in [-0.1, -0.05) is 18.2 Å². The molecule has 1 aromatic heterocycles. The van der Waals surface area contributed by atoms with Gasteiger partial charge < -0.3 is 14.2 Å². The normalized spacial score (nSPS) is 15.0. The SMILES string of the molecule is O=C(CC[NH+]1CCN(c2ccccc2)CC1)NNC(=O)c1ccco1. The Kier molecular flexibility index (Phi) is 5.69. The molecule has 3 rings (SSSR count). The van der Waals surface area contributed by atoms with Crippen molar-refractivity contribution in [3.05, 3.63) is 54.5 Å². The van der Waals surface area contributed by atoms with E-state index >= 15 is 0 Å². The van der Waals surface area contributed by atoms with E-state index in [2.05, 4.69) is 40.0 Å². The Morgan fingerprint density at radius 2 is 1.80 bits per heavy atom. The Morgan fingerprint density at radius 3 is 2.48 bits per heavy atom. The summed E-state index contributed by atoms with van der Waals surface area (Å²) in [4.78, 5) is 27.3. The van der Waals surface area contributed by atoms with Gasteiger partial charge in [-0.15, -0.1) is 0 Å². The van der Waals surface area contributed by atoms with Gasteiger partial charge in [0.05, 0.1) is 45.4 Å². The third-order valence-corrected chi connectivity index (χ3v) is 4.36. The van der Waals surface area contributed by atoms with Gasteiger partial charge in [-0.05, 0) is 24.3 Å². The molecule has 7 nitrogen and oxygen atoms in total. The van der Waals surface area contributed by atoms with Crippen LogP contribution < -0.4 is 20.7 Å². The average Bonchev–Trinajstić information content (AvgIpc) is 3.20. The summed E-state index contributed by atoms with van der Waals surface area (Å²) in [6.45, 7) is 4.72. The molecule has 3 N–H and O–H groups in total. The lowest BCUT2D eigenvalue weighted by atomic mass is 10.2. The fraction of sp³-hybridized carbons (Fsp3) is 0.333. The van der Waals surface area contributed by atoms with E-state index < -0.39 is 5.91 Å². The molecule has 0 saturated carbocycles. The lowest BCUT2D eigenvalue weighted by Crippen LogP contribution is -3.15. The van der Waals surface area contributed by atoms with Gasteiger partial charge >= 0.3 is 5.91 Å². The maximum atomic E-state index is 11.9. The molecule has 1 aliphatic heterocycles. The van der Waals surface area contributed by atoms with Gasteiger partial charge in [-0.3, -0.25) is 20.4 Å². The third kappa shape index (κ3) is 4.84. The van der Waals surface area contributed by atoms with Crippen molar-refractivity contribution in [2.45, 2.75) is 6.42 Å². The quantitative estimate of drug-likeness (QED) is 0.659. The van der Waals surface area contributed by atoms with Crippen LogP contribution >= 0.6 is 0 Å². The molecule has 1 aromatic carbocycles. The van der Waals surface area contributed by atoms with E-state index in [1.165, 1.54) is 22.9 Å². The first-order valence-electron chi connectivity index (χ1n) is 8.48. The molecule has 132 valence electrons. The molecule has 0 aliphatic carbocycles. The number of carbonyl (C=O) groups is 2. The van der Waals surface area contributed by atoms with Crippen molar-refractivity contribution in [2.24, 2.45) is 0 Å². The standard InChI is InChI=1S/C18H22N4O3/c23-17(19-20-18(24)16-7-4-14-25-16)8-9-21-10-12-22(13-11-21)15-5-2-1-3-6-15/h1-7,14H,8-13H2,(H,19,23)(H,20,24)/p+1. The Hall–Kier alpha value is -2.80. The molecule has 0 unspecified atom stereocenters. The summed E-state index contributed by atoms with van der Waals surface area (Å²) in [5.74, 6) is -0.483. The number of para-hydroxylation sites is 1. The topological polar surface area (TPSA) is 79.0 Å². The van der Waals surface area contributed by atoms with Crippen LogP contribution in [-0.2, 0) is 4.79 Å². The number of hydrogen-bond acceptors (Lipinski definition) is 4. The first kappa shape index (κ1) is 17.0. The van der Waals surface area contributed by atoms with Gasteiger partial charge in [0.1, 0.15) is 0 Å². The number of piperazine rings is 1. The van der Waals surface area contributed by atoms with Crippen molar-refractivity contribution >= 4 is 17.5 Å². The zero-order valence-electron chi connectivity index (χ0n) is 14.0. The number of furan rings is 1. The van der Waals surface area contributed by atoms with Crippen molar-refractivity contribution in [3.8, 4) is 0 Å². The number of hydrazine groups is 1. The van der Waals surface area contributed by atoms with Crippen LogP contribution in [0, 0.1) is 0 Å². The van der Waals surface area contributed by atoms with Gasteiger partial charge in [-0.25, -0.2) is 0 Å². The fourth-order valence-electron chi connectivity index (χ4n) is 2.92. The second-order valence-electron chi connectivity index (χ2n) is 6.05. The second kappa shape index (κ2) is 8.34. The molecule has 1 aliphatic rings. The summed E-state index contributed by atoms with van der Waals surface area (Å²) >= 11 is 0. The molecule has 2 amide bonds. The van der Waals surface area contributed by atoms with Gasteiger partial charge in [0.25, 0.3) is 0 Å². The number of nitrogens with zero attached hydrogens (tertiary/aromatic N) is 1. The zero-order chi connectivity index (χ0) is 17.5. The number of carbonyl (C=O) groups excluding carboxylic acids is 2. The van der Waals surface area contributed by atoms with E-state index in [1.807, 2.05) is 6.07 Å². The summed E-state index contributed by atoms with van der Waals surface area (Å²) in [5.41, 5.74) is 6.02. The van der Waals surface area contributed by atoms with Gasteiger partial charge in [-0.2, -0.15) is 0 Å². The Labute approximate surface area is 146 Å². The van der Waals surface area contributed by atoms with Gasteiger partial charge in [0.15, 0.2) is 5.76 Å². The van der Waals surface area contributed by atoms with Crippen LogP contribution in [0.25, 0.3) is 0 Å². The Bertz CT molecular complexity index is 680. The van der Waals surface area contributed by atoms with E-state index in [0.29, 0.717) is 6.42 Å². The van der Waals surface area contributed by atoms with Crippen LogP contribution in [0.3, 0.4) is 0 Å². The lowest BCUT2D eigenvalue weighted by molar-refractivity contribution is -0.900. The minimum atomic E-state index is -0.456. The molecule has 1 saturated heterocycles. The first-order chi connectivity index (χ1) is 12.2. The molecule has 25 heavy (non-hydrogen) atoms. The predicted octanol–water partition coefficient (Wildman–Crippen LogP) is -0.164. The smallest absolute Gasteiger partial charge is 0.305 e. The number of amides is 2. The Balaban J connectivity index is 1.34. The van der Waals surface area contributed by atoms with Crippen LogP contribution in [0.5, 0.6) is 0 Å². The summed E-state index contributed by atoms with van der Waals surface area (Å²) < 4.78 is 4.96. The summed E-state index contributed by atoms with van der Waals surface area (Å²) in [5, 5.41) is 0. The molecule has 2 aromatic rings. The number of hydrogen-bond donors (Lipinski definition) is 3. The molecule has 0 radical (unpaired) electrons. The van der Waals surface area contributed by atoms with E-state index in [1.54, 1.807) is 6.07 Å². The Morgan fingerprint density at radius 1 is 1.04 bits per heavy atom. The molecular formula is C18H23N4O3+. The fourth-order valence-corrected chi connectivity index (χ4v) is 2.92. The largest absolute Gasteiger partial charge is 0.459 e. The highest BCUT2D eigenvalue weighted by atomic mass is 16.3. The maximum absolute atomic E-state index is 11.9. The van der Waals surface area contributed by atoms with E-state index in [4.69, 9.17) is 4.42 Å². The monoisotopic (exact) mass is 343 g/mol. The highest BCUT2D eigenvalue weighted by Gasteiger charge is 2.20. The van der Waals surface area contributed by atoms with Crippen molar-refractivity contribution in [1.82, 2.24) is 10.9 Å². The van der Waals surface area contributed by atoms with Gasteiger partial charge in [0, 0.05) is 5.69 Å². The van der Waals surface area contributed by atoms with Crippen LogP contribution in [-0.4, -0.2) is 44.5 Å². The number of rotatable bonds is 5. The minimum Gasteiger partial charge on any atom is -0.459 e. The minimum absolute atomic E-state index is 0.169. The van der Waals surface area contributed by atoms with Crippen LogP contribution in [0.4, 0.5) is 5.69 Å². The lowest BCUT2D eigenvalue weighted by Gasteiger charge is -2.33. The maximum Gasteiger partial charge on any atom is 0.305 e. The molecule has 1 fully saturated rings. The third-order valence-electron chi connectivity index (χ3n) is 4.36. The van der Waals surface area contributed by atoms with Crippen LogP contribution in [0.15, 0.2) is 53.1 Å². The van der Waals surface area contributed by atoms with Gasteiger partial charge in [0.2, 0.25) is 5.91 Å². The predicted molar refractivity (Wildman–Crippen MR) is 93.2 cm³/mol. The number of benzene rings is 1. The molecule has 2 heterocycles. The molecule has 0 spiro atoms. The molecule has 0 bridgehead atoms. The van der Waals surface area contributed by atoms with Crippen LogP contribution in [0.1, 0.15) is 17.0 Å². The zero-order valence-corrected chi connectivity index (χ0v) is 14.0. The first-order valence-corrected chi connectivity index (χ1v) is 8.48. The van der Waals surface area contributed by atoms with Crippen molar-refractivity contribution in [3.63, 3.8) is 0 Å². The molecule has 7 heteroatoms. The number of nitrogens with one attached hydrogen (secondary N) is 3. The van der Waals surface area contributed by atoms with Crippen molar-refractivity contribution in [1.29, 1.82) is 0 Å². The molecule has 0 atom stereocenters. The summed E-state index contributed by atoms with van der Waals surface area (Å²) in [7, 11) is 0. The second-order valence-corrected chi connectivity index (χ2v) is 6.05. The van der Waals surface area contributed by atoms with E-state index in [0.717, 1.165) is 32.7 Å². The highest BCUT2D eigenvalue weighted by molar-refractivity contribution is 5.92. The van der Waals surface area contributed by atoms with Crippen molar-refractivity contribution < 1.29 is 18.9 Å². The highest BCUT2D eigenvalue weighted by Crippen LogP contribution is 2.12. The summed E-state index contributed by atoms with van der Waals surface area (Å²) in [6.07, 6.45) is 1.79. The molecular weight excluding hydrogens is 320 g/mol. The van der Waals surface area contributed by atoms with E-state index in [9.17, 15) is 9.59 Å². The number of quaternary nitrogens is 1.